The van der Waals surface area contributed by atoms with Crippen LogP contribution in [0.4, 0.5) is 0 Å². The largest absolute Gasteiger partial charge is 0.411 e. The SMILES string of the molecule is C=CCC1(COCc2ccccc2)[C@@H](O[Si](C)(C)C(C)(C)C)CC(=O)N1Cc1ccccc1. The minimum Gasteiger partial charge on any atom is -0.411 e. The van der Waals surface area contributed by atoms with Crippen molar-refractivity contribution in [1.82, 2.24) is 4.90 Å². The predicted molar refractivity (Wildman–Crippen MR) is 137 cm³/mol. The number of rotatable bonds is 10. The molecule has 0 aliphatic carbocycles. The van der Waals surface area contributed by atoms with Crippen LogP contribution in [0.1, 0.15) is 44.7 Å². The standard InChI is InChI=1S/C28H39NO3Si/c1-7-18-28(22-31-21-24-16-12-9-13-17-24)25(32-33(5,6)27(2,3)4)19-26(30)29(28)20-23-14-10-8-11-15-23/h7-17,25H,1,18-22H2,2-6H3/t25-,28?/m0/s1. The number of carbonyl (C=O) groups is 1. The highest BCUT2D eigenvalue weighted by atomic mass is 28.4. The zero-order valence-corrected chi connectivity index (χ0v) is 21.8. The average molecular weight is 466 g/mol. The highest BCUT2D eigenvalue weighted by molar-refractivity contribution is 6.74. The molecule has 2 aromatic rings. The lowest BCUT2D eigenvalue weighted by Gasteiger charge is -2.46. The van der Waals surface area contributed by atoms with Crippen molar-refractivity contribution in [2.75, 3.05) is 6.61 Å². The van der Waals surface area contributed by atoms with Gasteiger partial charge in [-0.1, -0.05) is 87.5 Å². The molecular formula is C28H39NO3Si. The fourth-order valence-corrected chi connectivity index (χ4v) is 5.59. The normalized spacial score (nSPS) is 21.4. The first kappa shape index (κ1) is 25.4. The Balaban J connectivity index is 1.93. The molecule has 0 aromatic heterocycles. The topological polar surface area (TPSA) is 38.8 Å². The Bertz CT molecular complexity index is 923. The number of hydrogen-bond acceptors (Lipinski definition) is 3. The lowest BCUT2D eigenvalue weighted by Crippen LogP contribution is -2.58. The molecule has 3 rings (SSSR count). The maximum absolute atomic E-state index is 13.4. The van der Waals surface area contributed by atoms with Gasteiger partial charge in [-0.15, -0.1) is 6.58 Å². The van der Waals surface area contributed by atoms with Gasteiger partial charge in [-0.05, 0) is 35.7 Å². The van der Waals surface area contributed by atoms with Crippen molar-refractivity contribution in [3.63, 3.8) is 0 Å². The molecule has 1 saturated heterocycles. The van der Waals surface area contributed by atoms with Gasteiger partial charge >= 0.3 is 0 Å². The Labute approximate surface area is 200 Å². The van der Waals surface area contributed by atoms with Crippen LogP contribution < -0.4 is 0 Å². The summed E-state index contributed by atoms with van der Waals surface area (Å²) in [6, 6.07) is 20.3. The van der Waals surface area contributed by atoms with Crippen LogP contribution in [0.15, 0.2) is 73.3 Å². The molecule has 0 N–H and O–H groups in total. The number of likely N-dealkylation sites (tertiary alicyclic amines) is 1. The number of nitrogens with zero attached hydrogens (tertiary/aromatic N) is 1. The van der Waals surface area contributed by atoms with Crippen molar-refractivity contribution in [2.45, 2.75) is 76.5 Å². The molecule has 4 nitrogen and oxygen atoms in total. The van der Waals surface area contributed by atoms with E-state index >= 15 is 0 Å². The number of hydrogen-bond donors (Lipinski definition) is 0. The molecular weight excluding hydrogens is 426 g/mol. The summed E-state index contributed by atoms with van der Waals surface area (Å²) in [4.78, 5) is 15.4. The van der Waals surface area contributed by atoms with E-state index in [1.165, 1.54) is 0 Å². The van der Waals surface area contributed by atoms with Crippen LogP contribution in [-0.4, -0.2) is 37.4 Å². The van der Waals surface area contributed by atoms with Crippen LogP contribution in [0.25, 0.3) is 0 Å². The first-order chi connectivity index (χ1) is 15.6. The van der Waals surface area contributed by atoms with Gasteiger partial charge < -0.3 is 14.1 Å². The van der Waals surface area contributed by atoms with Gasteiger partial charge in [0.2, 0.25) is 5.91 Å². The summed E-state index contributed by atoms with van der Waals surface area (Å²) in [6.07, 6.45) is 2.68. The summed E-state index contributed by atoms with van der Waals surface area (Å²) < 4.78 is 13.2. The third-order valence-corrected chi connectivity index (χ3v) is 11.7. The Morgan fingerprint density at radius 3 is 2.18 bits per heavy atom. The molecule has 1 amide bonds. The van der Waals surface area contributed by atoms with E-state index in [4.69, 9.17) is 9.16 Å². The van der Waals surface area contributed by atoms with Crippen LogP contribution in [0, 0.1) is 0 Å². The maximum Gasteiger partial charge on any atom is 0.226 e. The molecule has 1 aliphatic rings. The monoisotopic (exact) mass is 465 g/mol. The summed E-state index contributed by atoms with van der Waals surface area (Å²) in [5, 5.41) is 0.0493. The van der Waals surface area contributed by atoms with Crippen LogP contribution in [0.3, 0.4) is 0 Å². The van der Waals surface area contributed by atoms with Gasteiger partial charge in [-0.3, -0.25) is 4.79 Å². The first-order valence-corrected chi connectivity index (χ1v) is 14.7. The molecule has 0 saturated carbocycles. The molecule has 1 heterocycles. The van der Waals surface area contributed by atoms with Crippen LogP contribution in [0.2, 0.25) is 18.1 Å². The average Bonchev–Trinajstić information content (AvgIpc) is 2.99. The van der Waals surface area contributed by atoms with Crippen LogP contribution in [-0.2, 0) is 27.1 Å². The fourth-order valence-electron chi connectivity index (χ4n) is 4.22. The lowest BCUT2D eigenvalue weighted by atomic mass is 9.89. The minimum absolute atomic E-state index is 0.0493. The van der Waals surface area contributed by atoms with Crippen molar-refractivity contribution >= 4 is 14.2 Å². The molecule has 2 atom stereocenters. The third kappa shape index (κ3) is 5.83. The lowest BCUT2D eigenvalue weighted by molar-refractivity contribution is -0.134. The Hall–Kier alpha value is -2.21. The van der Waals surface area contributed by atoms with E-state index in [1.807, 2.05) is 47.4 Å². The van der Waals surface area contributed by atoms with Gasteiger partial charge in [0.1, 0.15) is 0 Å². The molecule has 0 spiro atoms. The van der Waals surface area contributed by atoms with Gasteiger partial charge in [-0.25, -0.2) is 0 Å². The smallest absolute Gasteiger partial charge is 0.226 e. The number of amides is 1. The van der Waals surface area contributed by atoms with E-state index in [0.29, 0.717) is 32.6 Å². The summed E-state index contributed by atoms with van der Waals surface area (Å²) in [6.45, 7) is 16.7. The fraction of sp³-hybridized carbons (Fsp3) is 0.464. The highest BCUT2D eigenvalue weighted by Crippen LogP contribution is 2.44. The van der Waals surface area contributed by atoms with E-state index in [2.05, 4.69) is 64.7 Å². The van der Waals surface area contributed by atoms with Gasteiger partial charge in [0.15, 0.2) is 8.32 Å². The summed E-state index contributed by atoms with van der Waals surface area (Å²) in [5.74, 6) is 0.118. The Morgan fingerprint density at radius 2 is 1.64 bits per heavy atom. The van der Waals surface area contributed by atoms with E-state index in [9.17, 15) is 4.79 Å². The predicted octanol–water partition coefficient (Wildman–Crippen LogP) is 6.34. The molecule has 1 unspecified atom stereocenters. The second-order valence-electron chi connectivity index (χ2n) is 10.6. The van der Waals surface area contributed by atoms with Crippen molar-refractivity contribution in [2.24, 2.45) is 0 Å². The second kappa shape index (κ2) is 10.4. The van der Waals surface area contributed by atoms with Crippen molar-refractivity contribution < 1.29 is 14.0 Å². The maximum atomic E-state index is 13.4. The molecule has 33 heavy (non-hydrogen) atoms. The second-order valence-corrected chi connectivity index (χ2v) is 15.4. The summed E-state index contributed by atoms with van der Waals surface area (Å²) in [5.41, 5.74) is 1.64. The molecule has 5 heteroatoms. The van der Waals surface area contributed by atoms with E-state index < -0.39 is 13.9 Å². The van der Waals surface area contributed by atoms with Gasteiger partial charge in [-0.2, -0.15) is 0 Å². The molecule has 1 aliphatic heterocycles. The molecule has 2 aromatic carbocycles. The Morgan fingerprint density at radius 1 is 1.06 bits per heavy atom. The zero-order chi connectivity index (χ0) is 24.1. The first-order valence-electron chi connectivity index (χ1n) is 11.8. The van der Waals surface area contributed by atoms with Gasteiger partial charge in [0.25, 0.3) is 0 Å². The van der Waals surface area contributed by atoms with Gasteiger partial charge in [0.05, 0.1) is 31.3 Å². The number of benzene rings is 2. The van der Waals surface area contributed by atoms with E-state index in [0.717, 1.165) is 11.1 Å². The van der Waals surface area contributed by atoms with Crippen LogP contribution in [0.5, 0.6) is 0 Å². The molecule has 178 valence electrons. The Kier molecular flexibility index (Phi) is 7.99. The quantitative estimate of drug-likeness (QED) is 0.303. The summed E-state index contributed by atoms with van der Waals surface area (Å²) in [7, 11) is -2.11. The van der Waals surface area contributed by atoms with Crippen LogP contribution >= 0.6 is 0 Å². The van der Waals surface area contributed by atoms with Crippen molar-refractivity contribution in [3.8, 4) is 0 Å². The molecule has 0 bridgehead atoms. The highest BCUT2D eigenvalue weighted by Gasteiger charge is 2.55. The number of ether oxygens (including phenoxy) is 1. The third-order valence-electron chi connectivity index (χ3n) is 7.19. The van der Waals surface area contributed by atoms with E-state index in [1.54, 1.807) is 0 Å². The molecule has 1 fully saturated rings. The molecule has 0 radical (unpaired) electrons. The summed E-state index contributed by atoms with van der Waals surface area (Å²) >= 11 is 0. The number of carbonyl (C=O) groups excluding carboxylic acids is 1. The minimum atomic E-state index is -2.11. The van der Waals surface area contributed by atoms with Crippen molar-refractivity contribution in [1.29, 1.82) is 0 Å². The zero-order valence-electron chi connectivity index (χ0n) is 20.8. The van der Waals surface area contributed by atoms with E-state index in [-0.39, 0.29) is 17.0 Å². The van der Waals surface area contributed by atoms with Gasteiger partial charge in [0, 0.05) is 6.54 Å². The van der Waals surface area contributed by atoms with Crippen molar-refractivity contribution in [3.05, 3.63) is 84.4 Å².